The predicted octanol–water partition coefficient (Wildman–Crippen LogP) is 3.74. The minimum Gasteiger partial charge on any atom is -0.335 e. The van der Waals surface area contributed by atoms with Gasteiger partial charge in [0.15, 0.2) is 11.6 Å². The third-order valence-corrected chi connectivity index (χ3v) is 6.10. The van der Waals surface area contributed by atoms with Gasteiger partial charge in [0.25, 0.3) is 0 Å². The fraction of sp³-hybridized carbons (Fsp3) is 0.208. The molecule has 0 fully saturated rings. The molecule has 4 aromatic rings. The van der Waals surface area contributed by atoms with Gasteiger partial charge in [-0.15, -0.1) is 10.2 Å². The van der Waals surface area contributed by atoms with Crippen molar-refractivity contribution < 1.29 is 4.79 Å². The summed E-state index contributed by atoms with van der Waals surface area (Å²) >= 11 is 1.15. The number of carbonyl (C=O) groups is 1. The van der Waals surface area contributed by atoms with Crippen molar-refractivity contribution in [1.82, 2.24) is 24.7 Å². The molecule has 4 rings (SSSR count). The summed E-state index contributed by atoms with van der Waals surface area (Å²) in [6.07, 6.45) is 1.42. The Morgan fingerprint density at radius 3 is 2.47 bits per heavy atom. The summed E-state index contributed by atoms with van der Waals surface area (Å²) in [5, 5.41) is 25.1. The molecule has 34 heavy (non-hydrogen) atoms. The predicted molar refractivity (Wildman–Crippen MR) is 132 cm³/mol. The Morgan fingerprint density at radius 1 is 1.12 bits per heavy atom. The summed E-state index contributed by atoms with van der Waals surface area (Å²) in [7, 11) is 0. The first kappa shape index (κ1) is 23.1. The van der Waals surface area contributed by atoms with Crippen LogP contribution < -0.4 is 11.2 Å². The number of hydrogen-bond acceptors (Lipinski definition) is 7. The molecule has 0 spiro atoms. The average molecular weight is 473 g/mol. The molecule has 172 valence electrons. The third kappa shape index (κ3) is 4.79. The van der Waals surface area contributed by atoms with Crippen LogP contribution in [0.1, 0.15) is 31.9 Å². The van der Waals surface area contributed by atoms with Crippen LogP contribution in [-0.2, 0) is 10.2 Å². The number of amides is 1. The van der Waals surface area contributed by atoms with E-state index in [9.17, 15) is 10.1 Å². The van der Waals surface area contributed by atoms with E-state index in [1.807, 2.05) is 54.6 Å². The number of thioether (sulfide) groups is 1. The van der Waals surface area contributed by atoms with Crippen molar-refractivity contribution in [2.24, 2.45) is 0 Å². The number of para-hydroxylation sites is 1. The Labute approximate surface area is 201 Å². The number of nitriles is 1. The normalized spacial score (nSPS) is 11.2. The van der Waals surface area contributed by atoms with Crippen LogP contribution in [0.15, 0.2) is 66.0 Å². The van der Waals surface area contributed by atoms with Gasteiger partial charge in [0, 0.05) is 5.56 Å². The van der Waals surface area contributed by atoms with Gasteiger partial charge in [-0.25, -0.2) is 9.36 Å². The molecule has 0 saturated carbocycles. The Hall–Kier alpha value is -4.10. The molecule has 0 aliphatic rings. The second-order valence-corrected chi connectivity index (χ2v) is 9.55. The first-order chi connectivity index (χ1) is 16.3. The number of carbonyl (C=O) groups excluding carboxylic acids is 1. The summed E-state index contributed by atoms with van der Waals surface area (Å²) < 4.78 is 2.89. The van der Waals surface area contributed by atoms with Gasteiger partial charge < -0.3 is 11.2 Å². The molecular formula is C24H24N8OS. The molecule has 0 aliphatic carbocycles. The highest BCUT2D eigenvalue weighted by Gasteiger charge is 2.18. The van der Waals surface area contributed by atoms with Crippen LogP contribution in [-0.4, -0.2) is 36.3 Å². The summed E-state index contributed by atoms with van der Waals surface area (Å²) in [5.74, 6) is 6.74. The van der Waals surface area contributed by atoms with Gasteiger partial charge in [-0.1, -0.05) is 75.0 Å². The average Bonchev–Trinajstić information content (AvgIpc) is 3.40. The zero-order valence-corrected chi connectivity index (χ0v) is 19.9. The maximum absolute atomic E-state index is 12.7. The van der Waals surface area contributed by atoms with Crippen molar-refractivity contribution in [2.75, 3.05) is 16.9 Å². The molecule has 2 aromatic carbocycles. The molecule has 1 amide bonds. The van der Waals surface area contributed by atoms with Crippen LogP contribution in [0.5, 0.6) is 0 Å². The molecule has 0 unspecified atom stereocenters. The van der Waals surface area contributed by atoms with Gasteiger partial charge in [0.05, 0.1) is 17.6 Å². The van der Waals surface area contributed by atoms with Gasteiger partial charge in [0.1, 0.15) is 11.6 Å². The number of benzene rings is 2. The fourth-order valence-electron chi connectivity index (χ4n) is 3.31. The molecule has 0 radical (unpaired) electrons. The second-order valence-electron chi connectivity index (χ2n) is 8.61. The molecule has 0 aliphatic heterocycles. The number of nitrogens with two attached hydrogens (primary N) is 1. The Bertz CT molecular complexity index is 1340. The van der Waals surface area contributed by atoms with Crippen LogP contribution in [0.25, 0.3) is 17.1 Å². The summed E-state index contributed by atoms with van der Waals surface area (Å²) in [6.45, 7) is 6.46. The fourth-order valence-corrected chi connectivity index (χ4v) is 3.96. The molecule has 3 N–H and O–H groups in total. The molecule has 0 bridgehead atoms. The molecule has 9 nitrogen and oxygen atoms in total. The summed E-state index contributed by atoms with van der Waals surface area (Å²) in [4.78, 5) is 12.7. The lowest BCUT2D eigenvalue weighted by Crippen LogP contribution is -2.19. The van der Waals surface area contributed by atoms with E-state index in [1.165, 1.54) is 21.1 Å². The smallest absolute Gasteiger partial charge is 0.236 e. The maximum Gasteiger partial charge on any atom is 0.236 e. The van der Waals surface area contributed by atoms with Gasteiger partial charge >= 0.3 is 0 Å². The van der Waals surface area contributed by atoms with E-state index in [0.717, 1.165) is 23.0 Å². The van der Waals surface area contributed by atoms with E-state index in [4.69, 9.17) is 5.84 Å². The monoisotopic (exact) mass is 472 g/mol. The number of nitrogens with zero attached hydrogens (tertiary/aromatic N) is 6. The highest BCUT2D eigenvalue weighted by atomic mass is 32.2. The van der Waals surface area contributed by atoms with Crippen molar-refractivity contribution in [1.29, 1.82) is 5.26 Å². The number of anilines is 1. The molecule has 10 heteroatoms. The Morgan fingerprint density at radius 2 is 1.82 bits per heavy atom. The number of nitrogen functional groups attached to an aromatic ring is 1. The molecule has 2 heterocycles. The van der Waals surface area contributed by atoms with E-state index in [-0.39, 0.29) is 22.6 Å². The lowest BCUT2D eigenvalue weighted by Gasteiger charge is -2.19. The number of aromatic nitrogens is 5. The van der Waals surface area contributed by atoms with Gasteiger partial charge in [-0.2, -0.15) is 10.4 Å². The molecular weight excluding hydrogens is 448 g/mol. The lowest BCUT2D eigenvalue weighted by atomic mass is 9.87. The van der Waals surface area contributed by atoms with Crippen molar-refractivity contribution in [2.45, 2.75) is 31.3 Å². The van der Waals surface area contributed by atoms with Crippen LogP contribution >= 0.6 is 11.8 Å². The van der Waals surface area contributed by atoms with Gasteiger partial charge in [-0.3, -0.25) is 4.79 Å². The van der Waals surface area contributed by atoms with E-state index < -0.39 is 0 Å². The zero-order chi connectivity index (χ0) is 24.3. The minimum atomic E-state index is -0.321. The van der Waals surface area contributed by atoms with Gasteiger partial charge in [-0.05, 0) is 23.1 Å². The number of nitrogens with one attached hydrogen (secondary N) is 1. The van der Waals surface area contributed by atoms with Crippen molar-refractivity contribution >= 4 is 23.5 Å². The molecule has 0 atom stereocenters. The van der Waals surface area contributed by atoms with Crippen molar-refractivity contribution in [3.8, 4) is 23.1 Å². The number of hydrogen-bond donors (Lipinski definition) is 2. The van der Waals surface area contributed by atoms with Crippen LogP contribution in [0.3, 0.4) is 0 Å². The Kier molecular flexibility index (Phi) is 6.38. The highest BCUT2D eigenvalue weighted by Crippen LogP contribution is 2.27. The van der Waals surface area contributed by atoms with E-state index in [2.05, 4.69) is 47.5 Å². The highest BCUT2D eigenvalue weighted by molar-refractivity contribution is 7.99. The maximum atomic E-state index is 12.7. The quantitative estimate of drug-likeness (QED) is 0.323. The Balaban J connectivity index is 1.46. The summed E-state index contributed by atoms with van der Waals surface area (Å²) in [5.41, 5.74) is 3.09. The van der Waals surface area contributed by atoms with Crippen LogP contribution in [0.2, 0.25) is 0 Å². The van der Waals surface area contributed by atoms with E-state index in [0.29, 0.717) is 16.8 Å². The lowest BCUT2D eigenvalue weighted by molar-refractivity contribution is -0.113. The van der Waals surface area contributed by atoms with Crippen LogP contribution in [0.4, 0.5) is 5.82 Å². The van der Waals surface area contributed by atoms with E-state index >= 15 is 0 Å². The zero-order valence-electron chi connectivity index (χ0n) is 19.1. The first-order valence-electron chi connectivity index (χ1n) is 10.6. The summed E-state index contributed by atoms with van der Waals surface area (Å²) in [6, 6.07) is 19.3. The topological polar surface area (TPSA) is 127 Å². The standard InChI is InChI=1S/C24H24N8OS/c1-24(2,3)18-11-9-16(10-12-18)22-29-30-23(31(22)26)34-15-20(33)28-21-17(13-25)14-27-32(21)19-7-5-4-6-8-19/h4-12,14H,15,26H2,1-3H3,(H,28,33). The largest absolute Gasteiger partial charge is 0.335 e. The van der Waals surface area contributed by atoms with Crippen molar-refractivity contribution in [3.63, 3.8) is 0 Å². The number of rotatable bonds is 6. The first-order valence-corrected chi connectivity index (χ1v) is 11.5. The van der Waals surface area contributed by atoms with E-state index in [1.54, 1.807) is 0 Å². The van der Waals surface area contributed by atoms with Crippen LogP contribution in [0, 0.1) is 11.3 Å². The second kappa shape index (κ2) is 9.41. The minimum absolute atomic E-state index is 0.0309. The third-order valence-electron chi connectivity index (χ3n) is 5.15. The van der Waals surface area contributed by atoms with Gasteiger partial charge in [0.2, 0.25) is 11.1 Å². The molecule has 0 saturated heterocycles. The molecule has 2 aromatic heterocycles. The van der Waals surface area contributed by atoms with Crippen molar-refractivity contribution in [3.05, 3.63) is 71.9 Å². The SMILES string of the molecule is CC(C)(C)c1ccc(-c2nnc(SCC(=O)Nc3c(C#N)cnn3-c3ccccc3)n2N)cc1.